The van der Waals surface area contributed by atoms with E-state index in [0.29, 0.717) is 0 Å². The Morgan fingerprint density at radius 1 is 1.04 bits per heavy atom. The van der Waals surface area contributed by atoms with Crippen LogP contribution >= 0.6 is 0 Å². The van der Waals surface area contributed by atoms with Crippen LogP contribution in [0.1, 0.15) is 53.0 Å². The van der Waals surface area contributed by atoms with E-state index in [4.69, 9.17) is 4.18 Å². The highest BCUT2D eigenvalue weighted by Crippen LogP contribution is 2.45. The van der Waals surface area contributed by atoms with Gasteiger partial charge in [0.25, 0.3) is 20.1 Å². The number of hydrogen-bond acceptors (Lipinski definition) is 11. The molecule has 1 aliphatic heterocycles. The summed E-state index contributed by atoms with van der Waals surface area (Å²) in [5.74, 6) is -5.83. The summed E-state index contributed by atoms with van der Waals surface area (Å²) >= 11 is 0. The number of anilines is 2. The topological polar surface area (TPSA) is 220 Å². The van der Waals surface area contributed by atoms with Gasteiger partial charge in [0.1, 0.15) is 16.6 Å². The van der Waals surface area contributed by atoms with Gasteiger partial charge < -0.3 is 10.4 Å². The number of hydrogen-bond donors (Lipinski definition) is 3. The molecule has 2 unspecified atom stereocenters. The van der Waals surface area contributed by atoms with Gasteiger partial charge in [-0.05, 0) is 61.2 Å². The molecule has 3 aromatic rings. The third-order valence-electron chi connectivity index (χ3n) is 7.58. The van der Waals surface area contributed by atoms with Crippen molar-refractivity contribution in [2.45, 2.75) is 42.1 Å². The standard InChI is InChI=1S/C30H29N3O11S3/c1-17(2)14-15-30(44-47(42,43)20-11-8-18(9-12-20)29(36)37)22-7-5-4-6-21(22)26(34)25(27(30)35)28-31-23-13-10-19(32-45(3,38)39)16-24(23)46(40,41)33-28/h4-13,16-17,25,32H,14-15H2,1-3H3,(H,31,33)(H,36,37). The fourth-order valence-corrected chi connectivity index (χ4v) is 8.33. The number of nitrogens with zero attached hydrogens (tertiary/aromatic N) is 1. The average Bonchev–Trinajstić information content (AvgIpc) is 2.98. The number of rotatable bonds is 10. The summed E-state index contributed by atoms with van der Waals surface area (Å²) in [6, 6.07) is 13.4. The Morgan fingerprint density at radius 2 is 1.70 bits per heavy atom. The maximum Gasteiger partial charge on any atom is 0.335 e. The molecule has 14 nitrogen and oxygen atoms in total. The molecule has 47 heavy (non-hydrogen) atoms. The number of aromatic carboxylic acids is 1. The molecule has 2 aliphatic rings. The van der Waals surface area contributed by atoms with Crippen LogP contribution in [0, 0.1) is 11.8 Å². The maximum absolute atomic E-state index is 14.6. The molecule has 1 aliphatic carbocycles. The van der Waals surface area contributed by atoms with Crippen LogP contribution in [-0.4, -0.2) is 60.0 Å². The fourth-order valence-electron chi connectivity index (χ4n) is 5.40. The van der Waals surface area contributed by atoms with Gasteiger partial charge in [0.2, 0.25) is 10.0 Å². The van der Waals surface area contributed by atoms with E-state index in [0.717, 1.165) is 36.6 Å². The van der Waals surface area contributed by atoms with Gasteiger partial charge in [-0.1, -0.05) is 38.1 Å². The Morgan fingerprint density at radius 3 is 2.32 bits per heavy atom. The Balaban J connectivity index is 1.65. The summed E-state index contributed by atoms with van der Waals surface area (Å²) < 4.78 is 89.4. The monoisotopic (exact) mass is 703 g/mol. The average molecular weight is 704 g/mol. The van der Waals surface area contributed by atoms with Crippen molar-refractivity contribution in [3.63, 3.8) is 0 Å². The van der Waals surface area contributed by atoms with Crippen LogP contribution in [0.2, 0.25) is 0 Å². The van der Waals surface area contributed by atoms with E-state index in [9.17, 15) is 44.7 Å². The zero-order chi connectivity index (χ0) is 34.5. The smallest absolute Gasteiger partial charge is 0.335 e. The Bertz CT molecular complexity index is 2180. The van der Waals surface area contributed by atoms with E-state index in [2.05, 4.69) is 14.4 Å². The number of amidine groups is 1. The van der Waals surface area contributed by atoms with Crippen molar-refractivity contribution in [2.24, 2.45) is 16.2 Å². The molecule has 0 amide bonds. The summed E-state index contributed by atoms with van der Waals surface area (Å²) in [6.45, 7) is 3.66. The second kappa shape index (κ2) is 12.0. The van der Waals surface area contributed by atoms with Crippen LogP contribution in [0.5, 0.6) is 0 Å². The first kappa shape index (κ1) is 33.9. The van der Waals surface area contributed by atoms with Gasteiger partial charge in [0.15, 0.2) is 17.2 Å². The van der Waals surface area contributed by atoms with Crippen LogP contribution in [0.4, 0.5) is 11.4 Å². The number of benzene rings is 3. The summed E-state index contributed by atoms with van der Waals surface area (Å²) in [5.41, 5.74) is -2.80. The number of carbonyl (C=O) groups is 3. The van der Waals surface area contributed by atoms with Crippen LogP contribution < -0.4 is 10.0 Å². The lowest BCUT2D eigenvalue weighted by Crippen LogP contribution is -2.54. The normalized spacial score (nSPS) is 20.5. The van der Waals surface area contributed by atoms with Crippen LogP contribution in [0.15, 0.2) is 80.9 Å². The van der Waals surface area contributed by atoms with Gasteiger partial charge in [-0.15, -0.1) is 4.40 Å². The molecule has 0 saturated carbocycles. The fraction of sp³-hybridized carbons (Fsp3) is 0.267. The molecular weight excluding hydrogens is 675 g/mol. The van der Waals surface area contributed by atoms with Crippen molar-refractivity contribution in [3.8, 4) is 0 Å². The van der Waals surface area contributed by atoms with Crippen LogP contribution in [0.3, 0.4) is 0 Å². The predicted molar refractivity (Wildman–Crippen MR) is 170 cm³/mol. The van der Waals surface area contributed by atoms with Gasteiger partial charge in [-0.25, -0.2) is 17.4 Å². The van der Waals surface area contributed by atoms with Crippen molar-refractivity contribution < 1.29 is 48.9 Å². The number of fused-ring (bicyclic) bond motifs is 2. The molecule has 0 radical (unpaired) electrons. The number of sulfonamides is 2. The first-order valence-corrected chi connectivity index (χ1v) is 18.8. The van der Waals surface area contributed by atoms with Gasteiger partial charge in [0.05, 0.1) is 22.4 Å². The summed E-state index contributed by atoms with van der Waals surface area (Å²) in [6.07, 6.45) is 0.895. The first-order chi connectivity index (χ1) is 21.8. The van der Waals surface area contributed by atoms with E-state index < -0.39 is 74.8 Å². The lowest BCUT2D eigenvalue weighted by atomic mass is 9.69. The van der Waals surface area contributed by atoms with Crippen molar-refractivity contribution in [2.75, 3.05) is 16.3 Å². The largest absolute Gasteiger partial charge is 0.478 e. The number of Topliss-reactive ketones (excluding diaryl/α,β-unsaturated/α-hetero) is 2. The quantitative estimate of drug-likeness (QED) is 0.204. The first-order valence-electron chi connectivity index (χ1n) is 14.1. The zero-order valence-corrected chi connectivity index (χ0v) is 27.6. The highest BCUT2D eigenvalue weighted by atomic mass is 32.2. The molecular formula is C30H29N3O11S3. The molecule has 0 fully saturated rings. The van der Waals surface area contributed by atoms with Gasteiger partial charge in [-0.2, -0.15) is 16.8 Å². The van der Waals surface area contributed by atoms with E-state index >= 15 is 0 Å². The molecule has 248 valence electrons. The number of nitrogens with one attached hydrogen (secondary N) is 2. The van der Waals surface area contributed by atoms with E-state index in [1.807, 2.05) is 13.8 Å². The molecule has 0 bridgehead atoms. The minimum absolute atomic E-state index is 0.0335. The second-order valence-corrected chi connectivity index (χ2v) is 16.4. The van der Waals surface area contributed by atoms with Gasteiger partial charge >= 0.3 is 5.97 Å². The summed E-state index contributed by atoms with van der Waals surface area (Å²) in [4.78, 5) is 39.0. The van der Waals surface area contributed by atoms with Crippen molar-refractivity contribution in [3.05, 3.63) is 83.4 Å². The van der Waals surface area contributed by atoms with Crippen LogP contribution in [-0.2, 0) is 44.7 Å². The Hall–Kier alpha value is -4.45. The van der Waals surface area contributed by atoms with E-state index in [-0.39, 0.29) is 46.8 Å². The highest BCUT2D eigenvalue weighted by Gasteiger charge is 2.57. The summed E-state index contributed by atoms with van der Waals surface area (Å²) in [7, 11) is -13.2. The molecule has 17 heteroatoms. The van der Waals surface area contributed by atoms with E-state index in [1.165, 1.54) is 36.4 Å². The molecule has 0 spiro atoms. The molecule has 0 saturated heterocycles. The SMILES string of the molecule is CC(C)CCC1(OS(=O)(=O)c2ccc(C(=O)O)cc2)C(=O)C(C2=NS(=O)(=O)c3cc(NS(C)(=O)=O)ccc3N2)C(=O)c2ccccc21. The van der Waals surface area contributed by atoms with Gasteiger partial charge in [-0.3, -0.25) is 14.3 Å². The lowest BCUT2D eigenvalue weighted by Gasteiger charge is -2.40. The van der Waals surface area contributed by atoms with Crippen molar-refractivity contribution in [1.29, 1.82) is 0 Å². The number of carboxylic acid groups (broad SMARTS) is 1. The zero-order valence-electron chi connectivity index (χ0n) is 25.1. The molecule has 5 rings (SSSR count). The lowest BCUT2D eigenvalue weighted by molar-refractivity contribution is -0.137. The van der Waals surface area contributed by atoms with Crippen molar-refractivity contribution in [1.82, 2.24) is 0 Å². The predicted octanol–water partition coefficient (Wildman–Crippen LogP) is 3.39. The number of ketones is 2. The van der Waals surface area contributed by atoms with Crippen molar-refractivity contribution >= 4 is 64.9 Å². The number of carboxylic acids is 1. The third-order valence-corrected chi connectivity index (χ3v) is 10.9. The molecule has 3 aromatic carbocycles. The van der Waals surface area contributed by atoms with Crippen LogP contribution in [0.25, 0.3) is 0 Å². The summed E-state index contributed by atoms with van der Waals surface area (Å²) in [5, 5.41) is 11.9. The second-order valence-electron chi connectivity index (χ2n) is 11.5. The molecule has 2 atom stereocenters. The molecule has 3 N–H and O–H groups in total. The number of carbonyl (C=O) groups excluding carboxylic acids is 2. The Labute approximate surface area is 271 Å². The van der Waals surface area contributed by atoms with Gasteiger partial charge in [0, 0.05) is 16.8 Å². The minimum Gasteiger partial charge on any atom is -0.478 e. The Kier molecular flexibility index (Phi) is 8.63. The molecule has 0 aromatic heterocycles. The highest BCUT2D eigenvalue weighted by molar-refractivity contribution is 7.92. The van der Waals surface area contributed by atoms with E-state index in [1.54, 1.807) is 0 Å². The molecule has 1 heterocycles. The third kappa shape index (κ3) is 6.56. The minimum atomic E-state index is -4.81. The maximum atomic E-state index is 14.6.